The van der Waals surface area contributed by atoms with Crippen LogP contribution in [0.5, 0.6) is 0 Å². The van der Waals surface area contributed by atoms with Crippen LogP contribution in [0.1, 0.15) is 42.7 Å². The molecule has 1 saturated heterocycles. The van der Waals surface area contributed by atoms with Crippen molar-refractivity contribution >= 4 is 18.0 Å². The number of benzene rings is 2. The Labute approximate surface area is 186 Å². The molecule has 166 valence electrons. The molecule has 2 amide bonds. The minimum absolute atomic E-state index is 0.00260. The van der Waals surface area contributed by atoms with Crippen LogP contribution in [0.25, 0.3) is 11.1 Å². The van der Waals surface area contributed by atoms with Crippen molar-refractivity contribution in [3.63, 3.8) is 0 Å². The lowest BCUT2D eigenvalue weighted by Crippen LogP contribution is -2.52. The van der Waals surface area contributed by atoms with Gasteiger partial charge in [0.1, 0.15) is 6.61 Å². The molecule has 0 unspecified atom stereocenters. The van der Waals surface area contributed by atoms with Crippen molar-refractivity contribution in [2.45, 2.75) is 37.1 Å². The van der Waals surface area contributed by atoms with Crippen molar-refractivity contribution in [3.05, 3.63) is 59.7 Å². The number of nitrogens with zero attached hydrogens (tertiary/aromatic N) is 1. The molecule has 5 rings (SSSR count). The number of hydrogen-bond donors (Lipinski definition) is 2. The third-order valence-corrected chi connectivity index (χ3v) is 6.83. The Morgan fingerprint density at radius 3 is 2.16 bits per heavy atom. The van der Waals surface area contributed by atoms with E-state index in [9.17, 15) is 14.4 Å². The summed E-state index contributed by atoms with van der Waals surface area (Å²) in [7, 11) is 0. The SMILES string of the molecule is O=C(O)CC1CN(C(=O)CC2(NC(=O)OCC3c4ccccc4-c4ccccc43)CC2)C1. The highest BCUT2D eigenvalue weighted by Crippen LogP contribution is 2.45. The molecule has 2 aromatic rings. The molecule has 2 N–H and O–H groups in total. The van der Waals surface area contributed by atoms with Crippen molar-refractivity contribution in [3.8, 4) is 11.1 Å². The second-order valence-electron chi connectivity index (χ2n) is 9.17. The van der Waals surface area contributed by atoms with Gasteiger partial charge in [0.05, 0.1) is 18.4 Å². The number of amides is 2. The number of likely N-dealkylation sites (tertiary alicyclic amines) is 1. The van der Waals surface area contributed by atoms with Gasteiger partial charge in [-0.1, -0.05) is 48.5 Å². The standard InChI is InChI=1S/C25H26N2O5/c28-22(27-13-16(14-27)11-23(29)30)12-25(9-10-25)26-24(31)32-15-21-19-7-3-1-5-17(19)18-6-2-4-8-20(18)21/h1-8,16,21H,9-15H2,(H,26,31)(H,29,30). The summed E-state index contributed by atoms with van der Waals surface area (Å²) in [5, 5.41) is 11.8. The number of hydrogen-bond acceptors (Lipinski definition) is 4. The van der Waals surface area contributed by atoms with Crippen LogP contribution in [0.3, 0.4) is 0 Å². The first-order chi connectivity index (χ1) is 15.4. The lowest BCUT2D eigenvalue weighted by molar-refractivity contribution is -0.145. The number of ether oxygens (including phenoxy) is 1. The second-order valence-corrected chi connectivity index (χ2v) is 9.17. The fraction of sp³-hybridized carbons (Fsp3) is 0.400. The summed E-state index contributed by atoms with van der Waals surface area (Å²) in [6, 6.07) is 16.4. The second kappa shape index (κ2) is 7.97. The summed E-state index contributed by atoms with van der Waals surface area (Å²) in [5.74, 6) is -0.848. The Morgan fingerprint density at radius 2 is 1.59 bits per heavy atom. The van der Waals surface area contributed by atoms with E-state index in [0.717, 1.165) is 24.0 Å². The van der Waals surface area contributed by atoms with Crippen LogP contribution in [0.15, 0.2) is 48.5 Å². The monoisotopic (exact) mass is 434 g/mol. The van der Waals surface area contributed by atoms with Gasteiger partial charge in [-0.2, -0.15) is 0 Å². The van der Waals surface area contributed by atoms with E-state index in [1.165, 1.54) is 11.1 Å². The Kier molecular flexibility index (Phi) is 5.12. The molecule has 32 heavy (non-hydrogen) atoms. The molecular weight excluding hydrogens is 408 g/mol. The number of carbonyl (C=O) groups excluding carboxylic acids is 2. The third-order valence-electron chi connectivity index (χ3n) is 6.83. The Morgan fingerprint density at radius 1 is 1.00 bits per heavy atom. The number of alkyl carbamates (subject to hydrolysis) is 1. The molecule has 1 heterocycles. The minimum Gasteiger partial charge on any atom is -0.481 e. The number of carbonyl (C=O) groups is 3. The van der Waals surface area contributed by atoms with Gasteiger partial charge in [-0.05, 0) is 35.1 Å². The molecule has 0 spiro atoms. The topological polar surface area (TPSA) is 95.9 Å². The van der Waals surface area contributed by atoms with Gasteiger partial charge in [-0.3, -0.25) is 9.59 Å². The van der Waals surface area contributed by atoms with E-state index in [-0.39, 0.29) is 37.2 Å². The van der Waals surface area contributed by atoms with Crippen molar-refractivity contribution in [2.24, 2.45) is 5.92 Å². The Balaban J connectivity index is 1.15. The molecule has 3 aliphatic rings. The Bertz CT molecular complexity index is 1030. The molecule has 2 fully saturated rings. The number of aliphatic carboxylic acids is 1. The quantitative estimate of drug-likeness (QED) is 0.697. The van der Waals surface area contributed by atoms with Gasteiger partial charge in [0.2, 0.25) is 5.91 Å². The van der Waals surface area contributed by atoms with Crippen molar-refractivity contribution in [2.75, 3.05) is 19.7 Å². The van der Waals surface area contributed by atoms with E-state index >= 15 is 0 Å². The van der Waals surface area contributed by atoms with E-state index in [4.69, 9.17) is 9.84 Å². The zero-order chi connectivity index (χ0) is 22.3. The molecule has 1 aliphatic heterocycles. The fourth-order valence-electron chi connectivity index (χ4n) is 4.90. The number of rotatable bonds is 7. The van der Waals surface area contributed by atoms with Crippen molar-refractivity contribution in [1.29, 1.82) is 0 Å². The molecule has 1 saturated carbocycles. The molecular formula is C25H26N2O5. The largest absolute Gasteiger partial charge is 0.481 e. The lowest BCUT2D eigenvalue weighted by atomic mass is 9.95. The van der Waals surface area contributed by atoms with Gasteiger partial charge in [0.25, 0.3) is 0 Å². The Hall–Kier alpha value is -3.35. The molecule has 0 aromatic heterocycles. The summed E-state index contributed by atoms with van der Waals surface area (Å²) < 4.78 is 5.62. The maximum absolute atomic E-state index is 12.6. The molecule has 7 nitrogen and oxygen atoms in total. The summed E-state index contributed by atoms with van der Waals surface area (Å²) >= 11 is 0. The molecule has 0 atom stereocenters. The summed E-state index contributed by atoms with van der Waals surface area (Å²) in [6.07, 6.45) is 1.32. The van der Waals surface area contributed by atoms with Crippen LogP contribution < -0.4 is 5.32 Å². The third kappa shape index (κ3) is 3.95. The van der Waals surface area contributed by atoms with E-state index in [1.54, 1.807) is 4.90 Å². The molecule has 0 bridgehead atoms. The van der Waals surface area contributed by atoms with Crippen LogP contribution in [-0.4, -0.2) is 53.2 Å². The average Bonchev–Trinajstić information content (AvgIpc) is 3.41. The summed E-state index contributed by atoms with van der Waals surface area (Å²) in [6.45, 7) is 1.20. The molecule has 0 radical (unpaired) electrons. The van der Waals surface area contributed by atoms with E-state index in [1.807, 2.05) is 24.3 Å². The summed E-state index contributed by atoms with van der Waals surface area (Å²) in [5.41, 5.74) is 4.14. The van der Waals surface area contributed by atoms with Crippen molar-refractivity contribution in [1.82, 2.24) is 10.2 Å². The highest BCUT2D eigenvalue weighted by Gasteiger charge is 2.48. The first-order valence-electron chi connectivity index (χ1n) is 11.1. The number of fused-ring (bicyclic) bond motifs is 3. The minimum atomic E-state index is -0.835. The average molecular weight is 434 g/mol. The predicted molar refractivity (Wildman–Crippen MR) is 117 cm³/mol. The van der Waals surface area contributed by atoms with Gasteiger partial charge < -0.3 is 20.1 Å². The maximum Gasteiger partial charge on any atom is 0.407 e. The zero-order valence-corrected chi connectivity index (χ0v) is 17.8. The highest BCUT2D eigenvalue weighted by molar-refractivity contribution is 5.81. The van der Waals surface area contributed by atoms with E-state index in [2.05, 4.69) is 29.6 Å². The van der Waals surface area contributed by atoms with Gasteiger partial charge >= 0.3 is 12.1 Å². The van der Waals surface area contributed by atoms with Crippen LogP contribution in [0.2, 0.25) is 0 Å². The van der Waals surface area contributed by atoms with Crippen LogP contribution in [0.4, 0.5) is 4.79 Å². The molecule has 2 aliphatic carbocycles. The molecule has 7 heteroatoms. The van der Waals surface area contributed by atoms with Crippen molar-refractivity contribution < 1.29 is 24.2 Å². The smallest absolute Gasteiger partial charge is 0.407 e. The molecule has 2 aromatic carbocycles. The normalized spacial score (nSPS) is 18.3. The number of nitrogens with one attached hydrogen (secondary N) is 1. The van der Waals surface area contributed by atoms with Crippen LogP contribution in [-0.2, 0) is 14.3 Å². The van der Waals surface area contributed by atoms with Crippen LogP contribution in [0, 0.1) is 5.92 Å². The van der Waals surface area contributed by atoms with Gasteiger partial charge in [-0.25, -0.2) is 4.79 Å². The van der Waals surface area contributed by atoms with Gasteiger partial charge in [-0.15, -0.1) is 0 Å². The maximum atomic E-state index is 12.6. The van der Waals surface area contributed by atoms with Gasteiger partial charge in [0.15, 0.2) is 0 Å². The van der Waals surface area contributed by atoms with E-state index in [0.29, 0.717) is 13.1 Å². The number of carboxylic acid groups (broad SMARTS) is 1. The van der Waals surface area contributed by atoms with Crippen LogP contribution >= 0.6 is 0 Å². The predicted octanol–water partition coefficient (Wildman–Crippen LogP) is 3.38. The lowest BCUT2D eigenvalue weighted by Gasteiger charge is -2.39. The van der Waals surface area contributed by atoms with E-state index < -0.39 is 17.6 Å². The summed E-state index contributed by atoms with van der Waals surface area (Å²) in [4.78, 5) is 37.5. The number of carboxylic acids is 1. The highest BCUT2D eigenvalue weighted by atomic mass is 16.5. The fourth-order valence-corrected chi connectivity index (χ4v) is 4.90. The zero-order valence-electron chi connectivity index (χ0n) is 17.8. The first-order valence-corrected chi connectivity index (χ1v) is 11.1. The first kappa shape index (κ1) is 20.5. The van der Waals surface area contributed by atoms with Gasteiger partial charge in [0, 0.05) is 24.9 Å².